The van der Waals surface area contributed by atoms with Gasteiger partial charge in [-0.25, -0.2) is 0 Å². The monoisotopic (exact) mass is 244 g/mol. The maximum absolute atomic E-state index is 11.5. The van der Waals surface area contributed by atoms with Gasteiger partial charge < -0.3 is 10.1 Å². The van der Waals surface area contributed by atoms with Gasteiger partial charge in [0.05, 0.1) is 20.1 Å². The van der Waals surface area contributed by atoms with E-state index in [2.05, 4.69) is 23.9 Å². The van der Waals surface area contributed by atoms with Crippen molar-refractivity contribution in [3.8, 4) is 0 Å². The second kappa shape index (κ2) is 8.98. The zero-order valence-corrected chi connectivity index (χ0v) is 11.3. The molecule has 5 heteroatoms. The molecular weight excluding hydrogens is 220 g/mol. The van der Waals surface area contributed by atoms with Crippen molar-refractivity contribution in [1.82, 2.24) is 10.2 Å². The van der Waals surface area contributed by atoms with Crippen molar-refractivity contribution in [3.63, 3.8) is 0 Å². The molecule has 1 N–H and O–H groups in total. The van der Waals surface area contributed by atoms with E-state index in [0.29, 0.717) is 32.0 Å². The molecule has 5 nitrogen and oxygen atoms in total. The summed E-state index contributed by atoms with van der Waals surface area (Å²) in [6.07, 6.45) is 1.30. The fourth-order valence-electron chi connectivity index (χ4n) is 1.26. The second-order valence-electron chi connectivity index (χ2n) is 4.60. The molecule has 0 unspecified atom stereocenters. The smallest absolute Gasteiger partial charge is 0.306 e. The molecule has 1 amide bonds. The Labute approximate surface area is 103 Å². The number of carbonyl (C=O) groups excluding carboxylic acids is 2. The fourth-order valence-corrected chi connectivity index (χ4v) is 1.26. The molecule has 100 valence electrons. The van der Waals surface area contributed by atoms with Crippen molar-refractivity contribution in [2.24, 2.45) is 5.92 Å². The van der Waals surface area contributed by atoms with Crippen molar-refractivity contribution >= 4 is 11.9 Å². The van der Waals surface area contributed by atoms with Gasteiger partial charge in [0.15, 0.2) is 0 Å². The first-order chi connectivity index (χ1) is 7.95. The predicted molar refractivity (Wildman–Crippen MR) is 66.6 cm³/mol. The summed E-state index contributed by atoms with van der Waals surface area (Å²) in [6.45, 7) is 5.80. The number of hydrogen-bond acceptors (Lipinski definition) is 4. The number of methoxy groups -OCH3 is 1. The van der Waals surface area contributed by atoms with Crippen LogP contribution in [-0.2, 0) is 14.3 Å². The van der Waals surface area contributed by atoms with E-state index in [-0.39, 0.29) is 11.9 Å². The van der Waals surface area contributed by atoms with E-state index >= 15 is 0 Å². The number of likely N-dealkylation sites (N-methyl/N-ethyl adjacent to an activating group) is 1. The van der Waals surface area contributed by atoms with Crippen molar-refractivity contribution in [2.75, 3.05) is 33.8 Å². The summed E-state index contributed by atoms with van der Waals surface area (Å²) >= 11 is 0. The molecule has 0 rings (SSSR count). The van der Waals surface area contributed by atoms with Crippen LogP contribution in [0.3, 0.4) is 0 Å². The SMILES string of the molecule is COC(=O)CCN(C)CC(=O)NCCC(C)C. The van der Waals surface area contributed by atoms with E-state index in [4.69, 9.17) is 0 Å². The first kappa shape index (κ1) is 15.9. The molecule has 0 fully saturated rings. The molecule has 0 aromatic heterocycles. The summed E-state index contributed by atoms with van der Waals surface area (Å²) in [5.74, 6) is 0.336. The molecule has 17 heavy (non-hydrogen) atoms. The highest BCUT2D eigenvalue weighted by Crippen LogP contribution is 1.96. The van der Waals surface area contributed by atoms with E-state index in [1.54, 1.807) is 0 Å². The summed E-state index contributed by atoms with van der Waals surface area (Å²) in [4.78, 5) is 24.2. The van der Waals surface area contributed by atoms with E-state index in [1.807, 2.05) is 11.9 Å². The van der Waals surface area contributed by atoms with Crippen LogP contribution in [0.4, 0.5) is 0 Å². The number of nitrogens with one attached hydrogen (secondary N) is 1. The molecule has 0 aliphatic rings. The third kappa shape index (κ3) is 9.81. The molecule has 0 heterocycles. The van der Waals surface area contributed by atoms with Gasteiger partial charge in [-0.1, -0.05) is 13.8 Å². The van der Waals surface area contributed by atoms with Gasteiger partial charge in [-0.05, 0) is 19.4 Å². The highest BCUT2D eigenvalue weighted by molar-refractivity contribution is 5.78. The van der Waals surface area contributed by atoms with Crippen molar-refractivity contribution in [2.45, 2.75) is 26.7 Å². The number of carbonyl (C=O) groups is 2. The molecule has 0 aromatic carbocycles. The summed E-state index contributed by atoms with van der Waals surface area (Å²) in [6, 6.07) is 0. The van der Waals surface area contributed by atoms with Gasteiger partial charge in [0.2, 0.25) is 5.91 Å². The minimum Gasteiger partial charge on any atom is -0.469 e. The minimum atomic E-state index is -0.253. The standard InChI is InChI=1S/C12H24N2O3/c1-10(2)5-7-13-11(15)9-14(3)8-6-12(16)17-4/h10H,5-9H2,1-4H3,(H,13,15). The molecule has 0 saturated heterocycles. The van der Waals surface area contributed by atoms with Crippen LogP contribution in [0.5, 0.6) is 0 Å². The Morgan fingerprint density at radius 1 is 1.35 bits per heavy atom. The van der Waals surface area contributed by atoms with Gasteiger partial charge in [0.1, 0.15) is 0 Å². The van der Waals surface area contributed by atoms with Gasteiger partial charge in [0.25, 0.3) is 0 Å². The maximum Gasteiger partial charge on any atom is 0.306 e. The summed E-state index contributed by atoms with van der Waals surface area (Å²) < 4.78 is 4.53. The fraction of sp³-hybridized carbons (Fsp3) is 0.833. The lowest BCUT2D eigenvalue weighted by Crippen LogP contribution is -2.36. The normalized spacial score (nSPS) is 10.7. The Balaban J connectivity index is 3.62. The Hall–Kier alpha value is -1.10. The van der Waals surface area contributed by atoms with Crippen LogP contribution >= 0.6 is 0 Å². The van der Waals surface area contributed by atoms with E-state index in [1.165, 1.54) is 7.11 Å². The van der Waals surface area contributed by atoms with E-state index < -0.39 is 0 Å². The molecule has 0 aromatic rings. The first-order valence-corrected chi connectivity index (χ1v) is 5.97. The minimum absolute atomic E-state index is 0.00184. The molecular formula is C12H24N2O3. The van der Waals surface area contributed by atoms with Gasteiger partial charge in [-0.2, -0.15) is 0 Å². The van der Waals surface area contributed by atoms with Gasteiger partial charge in [-0.3, -0.25) is 14.5 Å². The lowest BCUT2D eigenvalue weighted by molar-refractivity contribution is -0.141. The summed E-state index contributed by atoms with van der Waals surface area (Å²) in [5.41, 5.74) is 0. The van der Waals surface area contributed by atoms with Crippen molar-refractivity contribution < 1.29 is 14.3 Å². The van der Waals surface area contributed by atoms with Crippen LogP contribution in [-0.4, -0.2) is 50.6 Å². The average Bonchev–Trinajstić information content (AvgIpc) is 2.25. The van der Waals surface area contributed by atoms with Gasteiger partial charge in [0, 0.05) is 13.1 Å². The van der Waals surface area contributed by atoms with Gasteiger partial charge >= 0.3 is 5.97 Å². The average molecular weight is 244 g/mol. The number of ether oxygens (including phenoxy) is 1. The lowest BCUT2D eigenvalue weighted by atomic mass is 10.1. The highest BCUT2D eigenvalue weighted by Gasteiger charge is 2.08. The number of hydrogen-bond donors (Lipinski definition) is 1. The summed E-state index contributed by atoms with van der Waals surface area (Å²) in [7, 11) is 3.17. The Morgan fingerprint density at radius 3 is 2.53 bits per heavy atom. The topological polar surface area (TPSA) is 58.6 Å². The number of nitrogens with zero attached hydrogens (tertiary/aromatic N) is 1. The number of rotatable bonds is 8. The number of esters is 1. The van der Waals surface area contributed by atoms with Crippen LogP contribution in [0, 0.1) is 5.92 Å². The molecule has 0 aliphatic heterocycles. The van der Waals surface area contributed by atoms with Crippen molar-refractivity contribution in [1.29, 1.82) is 0 Å². The van der Waals surface area contributed by atoms with E-state index in [0.717, 1.165) is 6.42 Å². The zero-order chi connectivity index (χ0) is 13.3. The van der Waals surface area contributed by atoms with Crippen LogP contribution in [0.25, 0.3) is 0 Å². The second-order valence-corrected chi connectivity index (χ2v) is 4.60. The highest BCUT2D eigenvalue weighted by atomic mass is 16.5. The first-order valence-electron chi connectivity index (χ1n) is 5.97. The largest absolute Gasteiger partial charge is 0.469 e. The van der Waals surface area contributed by atoms with Crippen LogP contribution in [0.15, 0.2) is 0 Å². The molecule has 0 bridgehead atoms. The third-order valence-electron chi connectivity index (χ3n) is 2.38. The van der Waals surface area contributed by atoms with Crippen LogP contribution in [0.2, 0.25) is 0 Å². The third-order valence-corrected chi connectivity index (χ3v) is 2.38. The van der Waals surface area contributed by atoms with E-state index in [9.17, 15) is 9.59 Å². The maximum atomic E-state index is 11.5. The predicted octanol–water partition coefficient (Wildman–Crippen LogP) is 0.644. The van der Waals surface area contributed by atoms with Gasteiger partial charge in [-0.15, -0.1) is 0 Å². The number of amides is 1. The lowest BCUT2D eigenvalue weighted by Gasteiger charge is -2.15. The Bertz CT molecular complexity index is 242. The zero-order valence-electron chi connectivity index (χ0n) is 11.3. The quantitative estimate of drug-likeness (QED) is 0.637. The van der Waals surface area contributed by atoms with Crippen molar-refractivity contribution in [3.05, 3.63) is 0 Å². The molecule has 0 aliphatic carbocycles. The van der Waals surface area contributed by atoms with Crippen LogP contribution < -0.4 is 5.32 Å². The molecule has 0 radical (unpaired) electrons. The molecule has 0 spiro atoms. The Morgan fingerprint density at radius 2 is 2.00 bits per heavy atom. The molecule has 0 saturated carbocycles. The van der Waals surface area contributed by atoms with Crippen LogP contribution in [0.1, 0.15) is 26.7 Å². The summed E-state index contributed by atoms with van der Waals surface area (Å²) in [5, 5.41) is 2.85. The molecule has 0 atom stereocenters. The Kier molecular flexibility index (Phi) is 8.40.